The molecule has 0 bridgehead atoms. The topological polar surface area (TPSA) is 96.3 Å². The number of amides is 1. The Morgan fingerprint density at radius 3 is 2.38 bits per heavy atom. The Bertz CT molecular complexity index is 953. The molecule has 2 aromatic rings. The van der Waals surface area contributed by atoms with E-state index in [0.29, 0.717) is 11.3 Å². The molecule has 1 atom stereocenters. The van der Waals surface area contributed by atoms with Crippen molar-refractivity contribution in [3.63, 3.8) is 0 Å². The highest BCUT2D eigenvalue weighted by atomic mass is 35.6. The van der Waals surface area contributed by atoms with Crippen molar-refractivity contribution in [3.8, 4) is 0 Å². The van der Waals surface area contributed by atoms with Gasteiger partial charge in [-0.3, -0.25) is 14.9 Å². The number of rotatable bonds is 5. The number of halogens is 4. The van der Waals surface area contributed by atoms with Crippen molar-refractivity contribution in [2.24, 2.45) is 0 Å². The number of nitrogens with zero attached hydrogens (tertiary/aromatic N) is 1. The lowest BCUT2D eigenvalue weighted by atomic mass is 10.1. The molecule has 12 heteroatoms. The van der Waals surface area contributed by atoms with E-state index in [1.165, 1.54) is 18.2 Å². The first-order valence-corrected chi connectivity index (χ1v) is 9.85. The third-order valence-corrected chi connectivity index (χ3v) is 4.87. The van der Waals surface area contributed by atoms with Gasteiger partial charge in [-0.25, -0.2) is 0 Å². The molecule has 154 valence electrons. The van der Waals surface area contributed by atoms with Gasteiger partial charge >= 0.3 is 0 Å². The second-order valence-electron chi connectivity index (χ2n) is 5.78. The van der Waals surface area contributed by atoms with Crippen LogP contribution < -0.4 is 16.0 Å². The molecular formula is C17H14Cl4N4O3S. The van der Waals surface area contributed by atoms with Gasteiger partial charge in [-0.2, -0.15) is 0 Å². The number of alkyl halides is 3. The molecule has 7 nitrogen and oxygen atoms in total. The number of nitro benzene ring substituents is 1. The van der Waals surface area contributed by atoms with Gasteiger partial charge in [0.15, 0.2) is 5.11 Å². The molecule has 0 fully saturated rings. The summed E-state index contributed by atoms with van der Waals surface area (Å²) in [6, 6.07) is 10.7. The maximum absolute atomic E-state index is 12.5. The zero-order chi connectivity index (χ0) is 21.8. The van der Waals surface area contributed by atoms with Gasteiger partial charge < -0.3 is 16.0 Å². The van der Waals surface area contributed by atoms with Crippen molar-refractivity contribution in [1.29, 1.82) is 0 Å². The van der Waals surface area contributed by atoms with Crippen LogP contribution >= 0.6 is 58.6 Å². The number of hydrogen-bond donors (Lipinski definition) is 3. The summed E-state index contributed by atoms with van der Waals surface area (Å²) < 4.78 is -1.94. The standard InChI is InChI=1S/C17H14Cl4N4O3S/c1-9-4-2-3-5-11(9)14(26)23-15(17(19,20)21)24-16(29)22-13-7-6-10(25(27)28)8-12(13)18/h2-8,15H,1H3,(H,23,26)(H2,22,24,29)/t15-/m0/s1. The van der Waals surface area contributed by atoms with Crippen molar-refractivity contribution in [3.05, 3.63) is 68.7 Å². The number of hydrogen-bond acceptors (Lipinski definition) is 4. The van der Waals surface area contributed by atoms with Crippen molar-refractivity contribution < 1.29 is 9.72 Å². The van der Waals surface area contributed by atoms with Crippen LogP contribution in [0.15, 0.2) is 42.5 Å². The predicted molar refractivity (Wildman–Crippen MR) is 120 cm³/mol. The largest absolute Gasteiger partial charge is 0.339 e. The van der Waals surface area contributed by atoms with Crippen molar-refractivity contribution in [1.82, 2.24) is 10.6 Å². The molecule has 0 aliphatic heterocycles. The molecule has 0 heterocycles. The molecule has 3 N–H and O–H groups in total. The second kappa shape index (κ2) is 9.77. The third-order valence-electron chi connectivity index (χ3n) is 3.68. The summed E-state index contributed by atoms with van der Waals surface area (Å²) in [5.41, 5.74) is 1.27. The fourth-order valence-corrected chi connectivity index (χ4v) is 3.02. The van der Waals surface area contributed by atoms with Gasteiger partial charge in [0.25, 0.3) is 11.6 Å². The number of thiocarbonyl (C=S) groups is 1. The SMILES string of the molecule is Cc1ccccc1C(=O)N[C@@H](NC(=S)Nc1ccc([N+](=O)[O-])cc1Cl)C(Cl)(Cl)Cl. The Morgan fingerprint density at radius 2 is 1.83 bits per heavy atom. The lowest BCUT2D eigenvalue weighted by Crippen LogP contribution is -2.56. The smallest absolute Gasteiger partial charge is 0.271 e. The Hall–Kier alpha value is -1.84. The lowest BCUT2D eigenvalue weighted by molar-refractivity contribution is -0.384. The molecule has 0 aliphatic carbocycles. The number of aryl methyl sites for hydroxylation is 1. The number of carbonyl (C=O) groups is 1. The quantitative estimate of drug-likeness (QED) is 0.178. The van der Waals surface area contributed by atoms with Crippen LogP contribution in [0.25, 0.3) is 0 Å². The molecule has 2 rings (SSSR count). The number of nitro groups is 1. The minimum atomic E-state index is -1.94. The molecule has 2 aromatic carbocycles. The van der Waals surface area contributed by atoms with E-state index in [1.807, 2.05) is 0 Å². The summed E-state index contributed by atoms with van der Waals surface area (Å²) in [6.45, 7) is 1.77. The maximum atomic E-state index is 12.5. The van der Waals surface area contributed by atoms with Crippen LogP contribution in [0, 0.1) is 17.0 Å². The van der Waals surface area contributed by atoms with Crippen LogP contribution in [0.3, 0.4) is 0 Å². The minimum Gasteiger partial charge on any atom is -0.339 e. The molecule has 0 spiro atoms. The van der Waals surface area contributed by atoms with E-state index >= 15 is 0 Å². The van der Waals surface area contributed by atoms with Crippen LogP contribution in [0.2, 0.25) is 5.02 Å². The summed E-state index contributed by atoms with van der Waals surface area (Å²) >= 11 is 29.1. The van der Waals surface area contributed by atoms with E-state index in [-0.39, 0.29) is 15.8 Å². The van der Waals surface area contributed by atoms with Gasteiger partial charge in [-0.1, -0.05) is 64.6 Å². The van der Waals surface area contributed by atoms with Gasteiger partial charge in [0.1, 0.15) is 6.17 Å². The van der Waals surface area contributed by atoms with Crippen LogP contribution in [0.5, 0.6) is 0 Å². The highest BCUT2D eigenvalue weighted by Gasteiger charge is 2.35. The Balaban J connectivity index is 2.12. The number of non-ortho nitro benzene ring substituents is 1. The van der Waals surface area contributed by atoms with Gasteiger partial charge in [0.05, 0.1) is 15.6 Å². The summed E-state index contributed by atoms with van der Waals surface area (Å²) in [5.74, 6) is -0.469. The van der Waals surface area contributed by atoms with Gasteiger partial charge in [-0.15, -0.1) is 0 Å². The lowest BCUT2D eigenvalue weighted by Gasteiger charge is -2.28. The van der Waals surface area contributed by atoms with Gasteiger partial charge in [0.2, 0.25) is 3.79 Å². The Labute approximate surface area is 191 Å². The van der Waals surface area contributed by atoms with Crippen LogP contribution in [-0.4, -0.2) is 25.9 Å². The molecule has 0 aliphatic rings. The first-order chi connectivity index (χ1) is 13.5. The number of anilines is 1. The number of nitrogens with one attached hydrogen (secondary N) is 3. The van der Waals surface area contributed by atoms with Gasteiger partial charge in [0, 0.05) is 17.7 Å². The number of benzene rings is 2. The first-order valence-electron chi connectivity index (χ1n) is 7.93. The van der Waals surface area contributed by atoms with E-state index in [0.717, 1.165) is 5.56 Å². The van der Waals surface area contributed by atoms with E-state index < -0.39 is 20.8 Å². The summed E-state index contributed by atoms with van der Waals surface area (Å²) in [7, 11) is 0. The van der Waals surface area contributed by atoms with E-state index in [4.69, 9.17) is 58.6 Å². The normalized spacial score (nSPS) is 12.0. The molecule has 1 amide bonds. The van der Waals surface area contributed by atoms with Crippen molar-refractivity contribution >= 4 is 81.0 Å². The third kappa shape index (κ3) is 6.58. The molecule has 0 radical (unpaired) electrons. The molecule has 0 aromatic heterocycles. The first kappa shape index (κ1) is 23.4. The number of carbonyl (C=O) groups excluding carboxylic acids is 1. The van der Waals surface area contributed by atoms with E-state index in [1.54, 1.807) is 31.2 Å². The summed E-state index contributed by atoms with van der Waals surface area (Å²) in [6.07, 6.45) is -1.18. The summed E-state index contributed by atoms with van der Waals surface area (Å²) in [5, 5.41) is 18.8. The average Bonchev–Trinajstić information content (AvgIpc) is 2.62. The van der Waals surface area contributed by atoms with Crippen molar-refractivity contribution in [2.45, 2.75) is 16.9 Å². The highest BCUT2D eigenvalue weighted by Crippen LogP contribution is 2.30. The monoisotopic (exact) mass is 494 g/mol. The van der Waals surface area contributed by atoms with Crippen molar-refractivity contribution in [2.75, 3.05) is 5.32 Å². The van der Waals surface area contributed by atoms with Gasteiger partial charge in [-0.05, 0) is 36.8 Å². The molecular weight excluding hydrogens is 482 g/mol. The molecule has 29 heavy (non-hydrogen) atoms. The molecule has 0 unspecified atom stereocenters. The molecule has 0 saturated heterocycles. The molecule has 0 saturated carbocycles. The average molecular weight is 496 g/mol. The van der Waals surface area contributed by atoms with Crippen LogP contribution in [0.1, 0.15) is 15.9 Å². The fourth-order valence-electron chi connectivity index (χ4n) is 2.24. The zero-order valence-corrected chi connectivity index (χ0v) is 18.6. The predicted octanol–water partition coefficient (Wildman–Crippen LogP) is 4.97. The van der Waals surface area contributed by atoms with E-state index in [9.17, 15) is 14.9 Å². The second-order valence-corrected chi connectivity index (χ2v) is 8.97. The Morgan fingerprint density at radius 1 is 1.17 bits per heavy atom. The van der Waals surface area contributed by atoms with Crippen LogP contribution in [-0.2, 0) is 0 Å². The zero-order valence-electron chi connectivity index (χ0n) is 14.7. The Kier molecular flexibility index (Phi) is 7.90. The summed E-state index contributed by atoms with van der Waals surface area (Å²) in [4.78, 5) is 22.8. The highest BCUT2D eigenvalue weighted by molar-refractivity contribution is 7.80. The maximum Gasteiger partial charge on any atom is 0.271 e. The van der Waals surface area contributed by atoms with E-state index in [2.05, 4.69) is 16.0 Å². The van der Waals surface area contributed by atoms with Crippen LogP contribution in [0.4, 0.5) is 11.4 Å². The fraction of sp³-hybridized carbons (Fsp3) is 0.176. The minimum absolute atomic E-state index is 0.0258.